The Morgan fingerprint density at radius 3 is 2.94 bits per heavy atom. The van der Waals surface area contributed by atoms with Crippen LogP contribution in [0.25, 0.3) is 0 Å². The number of aryl methyl sites for hydroxylation is 1. The highest BCUT2D eigenvalue weighted by Crippen LogP contribution is 2.39. The highest BCUT2D eigenvalue weighted by Gasteiger charge is 2.31. The third-order valence-electron chi connectivity index (χ3n) is 4.33. The van der Waals surface area contributed by atoms with E-state index in [0.717, 1.165) is 24.9 Å². The van der Waals surface area contributed by atoms with Crippen LogP contribution < -0.4 is 5.32 Å². The van der Waals surface area contributed by atoms with Gasteiger partial charge in [-0.3, -0.25) is 4.68 Å². The standard InChI is InChI=1S/C15H27N3/c1-4-8-16-11-13-6-5-12(2)10-14(13)15-7-9-17-18(15)3/h7,9,12-14,16H,4-6,8,10-11H2,1-3H3. The van der Waals surface area contributed by atoms with Gasteiger partial charge in [0.25, 0.3) is 0 Å². The molecule has 2 rings (SSSR count). The molecule has 0 aromatic carbocycles. The van der Waals surface area contributed by atoms with Gasteiger partial charge in [0.2, 0.25) is 0 Å². The van der Waals surface area contributed by atoms with E-state index in [1.165, 1.54) is 31.4 Å². The maximum atomic E-state index is 4.34. The summed E-state index contributed by atoms with van der Waals surface area (Å²) < 4.78 is 2.07. The van der Waals surface area contributed by atoms with Crippen molar-refractivity contribution in [2.45, 2.75) is 45.4 Å². The second-order valence-corrected chi connectivity index (χ2v) is 5.87. The maximum absolute atomic E-state index is 4.34. The number of nitrogens with zero attached hydrogens (tertiary/aromatic N) is 2. The number of rotatable bonds is 5. The van der Waals surface area contributed by atoms with E-state index in [0.29, 0.717) is 5.92 Å². The first kappa shape index (κ1) is 13.6. The summed E-state index contributed by atoms with van der Waals surface area (Å²) in [6.45, 7) is 6.92. The molecule has 0 bridgehead atoms. The van der Waals surface area contributed by atoms with Crippen molar-refractivity contribution in [2.75, 3.05) is 13.1 Å². The molecule has 1 aromatic rings. The van der Waals surface area contributed by atoms with E-state index in [9.17, 15) is 0 Å². The van der Waals surface area contributed by atoms with Gasteiger partial charge >= 0.3 is 0 Å². The molecule has 102 valence electrons. The van der Waals surface area contributed by atoms with Gasteiger partial charge in [0.1, 0.15) is 0 Å². The highest BCUT2D eigenvalue weighted by molar-refractivity contribution is 5.11. The van der Waals surface area contributed by atoms with E-state index in [2.05, 4.69) is 42.1 Å². The first-order valence-corrected chi connectivity index (χ1v) is 7.41. The van der Waals surface area contributed by atoms with E-state index >= 15 is 0 Å². The summed E-state index contributed by atoms with van der Waals surface area (Å²) in [5.74, 6) is 2.32. The molecule has 0 aliphatic heterocycles. The highest BCUT2D eigenvalue weighted by atomic mass is 15.3. The molecule has 1 saturated carbocycles. The summed E-state index contributed by atoms with van der Waals surface area (Å²) in [6.07, 6.45) is 7.21. The first-order valence-electron chi connectivity index (χ1n) is 7.41. The van der Waals surface area contributed by atoms with Crippen LogP contribution in [0.3, 0.4) is 0 Å². The summed E-state index contributed by atoms with van der Waals surface area (Å²) in [4.78, 5) is 0. The Bertz CT molecular complexity index is 358. The molecule has 1 aromatic heterocycles. The zero-order chi connectivity index (χ0) is 13.0. The lowest BCUT2D eigenvalue weighted by Gasteiger charge is -2.35. The quantitative estimate of drug-likeness (QED) is 0.813. The zero-order valence-corrected chi connectivity index (χ0v) is 12.0. The van der Waals surface area contributed by atoms with Gasteiger partial charge in [-0.25, -0.2) is 0 Å². The second kappa shape index (κ2) is 6.37. The molecule has 0 radical (unpaired) electrons. The number of nitrogens with one attached hydrogen (secondary N) is 1. The Balaban J connectivity index is 2.04. The van der Waals surface area contributed by atoms with Gasteiger partial charge in [-0.15, -0.1) is 0 Å². The van der Waals surface area contributed by atoms with E-state index in [4.69, 9.17) is 0 Å². The van der Waals surface area contributed by atoms with E-state index in [-0.39, 0.29) is 0 Å². The van der Waals surface area contributed by atoms with Crippen LogP contribution in [0.4, 0.5) is 0 Å². The molecule has 0 amide bonds. The Hall–Kier alpha value is -0.830. The van der Waals surface area contributed by atoms with Crippen molar-refractivity contribution >= 4 is 0 Å². The molecule has 1 aliphatic carbocycles. The largest absolute Gasteiger partial charge is 0.316 e. The van der Waals surface area contributed by atoms with Gasteiger partial charge in [0, 0.05) is 24.9 Å². The summed E-state index contributed by atoms with van der Waals surface area (Å²) in [5.41, 5.74) is 1.42. The summed E-state index contributed by atoms with van der Waals surface area (Å²) >= 11 is 0. The van der Waals surface area contributed by atoms with Crippen molar-refractivity contribution in [3.8, 4) is 0 Å². The lowest BCUT2D eigenvalue weighted by molar-refractivity contribution is 0.234. The molecule has 3 heteroatoms. The predicted octanol–water partition coefficient (Wildman–Crippen LogP) is 2.94. The molecule has 3 atom stereocenters. The fourth-order valence-corrected chi connectivity index (χ4v) is 3.26. The summed E-state index contributed by atoms with van der Waals surface area (Å²) in [5, 5.41) is 7.95. The van der Waals surface area contributed by atoms with Gasteiger partial charge in [0.15, 0.2) is 0 Å². The minimum atomic E-state index is 0.686. The average molecular weight is 249 g/mol. The van der Waals surface area contributed by atoms with Crippen LogP contribution in [-0.2, 0) is 7.05 Å². The molecule has 18 heavy (non-hydrogen) atoms. The van der Waals surface area contributed by atoms with Crippen LogP contribution in [0.5, 0.6) is 0 Å². The SMILES string of the molecule is CCCNCC1CCC(C)CC1c1ccnn1C. The third-order valence-corrected chi connectivity index (χ3v) is 4.33. The second-order valence-electron chi connectivity index (χ2n) is 5.87. The van der Waals surface area contributed by atoms with Crippen molar-refractivity contribution in [3.63, 3.8) is 0 Å². The molecule has 3 nitrogen and oxygen atoms in total. The van der Waals surface area contributed by atoms with E-state index in [1.54, 1.807) is 0 Å². The minimum absolute atomic E-state index is 0.686. The molecule has 1 heterocycles. The number of aromatic nitrogens is 2. The minimum Gasteiger partial charge on any atom is -0.316 e. The monoisotopic (exact) mass is 249 g/mol. The smallest absolute Gasteiger partial charge is 0.0492 e. The number of hydrogen-bond donors (Lipinski definition) is 1. The van der Waals surface area contributed by atoms with Crippen molar-refractivity contribution in [2.24, 2.45) is 18.9 Å². The lowest BCUT2D eigenvalue weighted by atomic mass is 9.73. The Morgan fingerprint density at radius 1 is 1.44 bits per heavy atom. The Labute approximate surface area is 111 Å². The van der Waals surface area contributed by atoms with Crippen molar-refractivity contribution < 1.29 is 0 Å². The van der Waals surface area contributed by atoms with Crippen molar-refractivity contribution in [1.82, 2.24) is 15.1 Å². The summed E-state index contributed by atoms with van der Waals surface area (Å²) in [6, 6.07) is 2.20. The normalized spacial score (nSPS) is 28.5. The first-order chi connectivity index (χ1) is 8.72. The van der Waals surface area contributed by atoms with Crippen LogP contribution in [0.2, 0.25) is 0 Å². The fourth-order valence-electron chi connectivity index (χ4n) is 3.26. The van der Waals surface area contributed by atoms with Gasteiger partial charge < -0.3 is 5.32 Å². The molecule has 1 aliphatic rings. The van der Waals surface area contributed by atoms with Crippen LogP contribution in [0.1, 0.15) is 51.1 Å². The topological polar surface area (TPSA) is 29.9 Å². The summed E-state index contributed by atoms with van der Waals surface area (Å²) in [7, 11) is 2.07. The molecule has 1 fully saturated rings. The Morgan fingerprint density at radius 2 is 2.28 bits per heavy atom. The van der Waals surface area contributed by atoms with Crippen molar-refractivity contribution in [3.05, 3.63) is 18.0 Å². The van der Waals surface area contributed by atoms with Crippen LogP contribution >= 0.6 is 0 Å². The molecular weight excluding hydrogens is 222 g/mol. The molecule has 1 N–H and O–H groups in total. The van der Waals surface area contributed by atoms with E-state index < -0.39 is 0 Å². The van der Waals surface area contributed by atoms with Gasteiger partial charge in [-0.1, -0.05) is 20.3 Å². The Kier molecular flexibility index (Phi) is 4.81. The molecule has 0 saturated heterocycles. The van der Waals surface area contributed by atoms with Gasteiger partial charge in [-0.2, -0.15) is 5.10 Å². The molecule has 3 unspecified atom stereocenters. The van der Waals surface area contributed by atoms with E-state index in [1.807, 2.05) is 6.20 Å². The lowest BCUT2D eigenvalue weighted by Crippen LogP contribution is -2.32. The van der Waals surface area contributed by atoms with Crippen LogP contribution in [-0.4, -0.2) is 22.9 Å². The maximum Gasteiger partial charge on any atom is 0.0492 e. The molecule has 0 spiro atoms. The van der Waals surface area contributed by atoms with Crippen LogP contribution in [0.15, 0.2) is 12.3 Å². The third kappa shape index (κ3) is 3.14. The predicted molar refractivity (Wildman–Crippen MR) is 75.6 cm³/mol. The van der Waals surface area contributed by atoms with Gasteiger partial charge in [-0.05, 0) is 50.3 Å². The van der Waals surface area contributed by atoms with Crippen LogP contribution in [0, 0.1) is 11.8 Å². The van der Waals surface area contributed by atoms with Crippen molar-refractivity contribution in [1.29, 1.82) is 0 Å². The molecular formula is C15H27N3. The van der Waals surface area contributed by atoms with Gasteiger partial charge in [0.05, 0.1) is 0 Å². The zero-order valence-electron chi connectivity index (χ0n) is 12.0. The average Bonchev–Trinajstić information content (AvgIpc) is 2.77. The fraction of sp³-hybridized carbons (Fsp3) is 0.800. The number of hydrogen-bond acceptors (Lipinski definition) is 2.